The van der Waals surface area contributed by atoms with Crippen LogP contribution in [0.5, 0.6) is 0 Å². The van der Waals surface area contributed by atoms with Crippen LogP contribution in [0.4, 0.5) is 0 Å². The summed E-state index contributed by atoms with van der Waals surface area (Å²) in [5.41, 5.74) is 1.91. The van der Waals surface area contributed by atoms with Crippen molar-refractivity contribution < 1.29 is 17.9 Å². The molecule has 0 saturated carbocycles. The summed E-state index contributed by atoms with van der Waals surface area (Å²) in [6.45, 7) is 3.58. The molecule has 1 N–H and O–H groups in total. The molecular weight excluding hydrogens is 356 g/mol. The summed E-state index contributed by atoms with van der Waals surface area (Å²) < 4.78 is 31.7. The van der Waals surface area contributed by atoms with Crippen molar-refractivity contribution in [3.63, 3.8) is 0 Å². The lowest BCUT2D eigenvalue weighted by Gasteiger charge is -2.26. The number of benzene rings is 1. The molecule has 3 rings (SSSR count). The molecule has 1 fully saturated rings. The molecule has 2 aromatic rings. The lowest BCUT2D eigenvalue weighted by molar-refractivity contribution is 0.0730. The highest BCUT2D eigenvalue weighted by Gasteiger charge is 2.26. The van der Waals surface area contributed by atoms with Crippen molar-refractivity contribution in [2.45, 2.75) is 18.4 Å². The highest BCUT2D eigenvalue weighted by atomic mass is 32.2. The van der Waals surface area contributed by atoms with Gasteiger partial charge < -0.3 is 10.1 Å². The van der Waals surface area contributed by atoms with Crippen LogP contribution in [-0.4, -0.2) is 54.9 Å². The maximum absolute atomic E-state index is 12.6. The summed E-state index contributed by atoms with van der Waals surface area (Å²) in [5, 5.41) is 2.76. The van der Waals surface area contributed by atoms with Crippen LogP contribution >= 0.6 is 0 Å². The van der Waals surface area contributed by atoms with E-state index >= 15 is 0 Å². The zero-order chi connectivity index (χ0) is 18.6. The Morgan fingerprint density at radius 1 is 1.19 bits per heavy atom. The molecule has 1 amide bonds. The van der Waals surface area contributed by atoms with Gasteiger partial charge in [0.2, 0.25) is 10.0 Å². The average Bonchev–Trinajstić information content (AvgIpc) is 2.67. The molecule has 0 aliphatic carbocycles. The minimum atomic E-state index is -3.56. The van der Waals surface area contributed by atoms with Crippen molar-refractivity contribution in [1.29, 1.82) is 0 Å². The van der Waals surface area contributed by atoms with Gasteiger partial charge in [-0.15, -0.1) is 0 Å². The van der Waals surface area contributed by atoms with Crippen LogP contribution in [0.15, 0.2) is 41.6 Å². The van der Waals surface area contributed by atoms with E-state index in [4.69, 9.17) is 4.74 Å². The Bertz CT molecular complexity index is 878. The van der Waals surface area contributed by atoms with Gasteiger partial charge in [0.25, 0.3) is 5.91 Å². The first-order chi connectivity index (χ1) is 12.5. The number of amides is 1. The third kappa shape index (κ3) is 4.24. The van der Waals surface area contributed by atoms with Crippen LogP contribution in [0.25, 0.3) is 0 Å². The Labute approximate surface area is 152 Å². The van der Waals surface area contributed by atoms with Crippen LogP contribution in [0.3, 0.4) is 0 Å². The second-order valence-corrected chi connectivity index (χ2v) is 7.81. The van der Waals surface area contributed by atoms with E-state index in [9.17, 15) is 13.2 Å². The zero-order valence-corrected chi connectivity index (χ0v) is 15.2. The number of hydrogen-bond acceptors (Lipinski definition) is 6. The summed E-state index contributed by atoms with van der Waals surface area (Å²) in [6, 6.07) is 7.71. The van der Waals surface area contributed by atoms with Crippen molar-refractivity contribution in [3.8, 4) is 0 Å². The third-order valence-electron chi connectivity index (χ3n) is 4.01. The second kappa shape index (κ2) is 7.90. The number of carbonyl (C=O) groups is 1. The van der Waals surface area contributed by atoms with Gasteiger partial charge in [-0.3, -0.25) is 4.79 Å². The zero-order valence-electron chi connectivity index (χ0n) is 14.4. The molecule has 0 spiro atoms. The van der Waals surface area contributed by atoms with E-state index in [1.54, 1.807) is 6.07 Å². The van der Waals surface area contributed by atoms with E-state index in [-0.39, 0.29) is 17.3 Å². The van der Waals surface area contributed by atoms with E-state index in [0.29, 0.717) is 37.6 Å². The van der Waals surface area contributed by atoms with Crippen LogP contribution in [0.1, 0.15) is 21.7 Å². The Balaban J connectivity index is 1.65. The van der Waals surface area contributed by atoms with E-state index in [1.807, 2.05) is 6.92 Å². The molecule has 26 heavy (non-hydrogen) atoms. The largest absolute Gasteiger partial charge is 0.379 e. The molecule has 1 aromatic heterocycles. The normalized spacial score (nSPS) is 15.6. The summed E-state index contributed by atoms with van der Waals surface area (Å²) in [7, 11) is -3.56. The number of sulfonamides is 1. The minimum Gasteiger partial charge on any atom is -0.379 e. The van der Waals surface area contributed by atoms with Gasteiger partial charge in [-0.1, -0.05) is 0 Å². The summed E-state index contributed by atoms with van der Waals surface area (Å²) in [6.07, 6.45) is 1.45. The van der Waals surface area contributed by atoms with Gasteiger partial charge in [0.1, 0.15) is 6.33 Å². The highest BCUT2D eigenvalue weighted by Crippen LogP contribution is 2.17. The number of aromatic nitrogens is 2. The quantitative estimate of drug-likeness (QED) is 0.826. The predicted molar refractivity (Wildman–Crippen MR) is 94.0 cm³/mol. The monoisotopic (exact) mass is 376 g/mol. The van der Waals surface area contributed by atoms with Gasteiger partial charge >= 0.3 is 0 Å². The van der Waals surface area contributed by atoms with E-state index in [2.05, 4.69) is 15.3 Å². The fraction of sp³-hybridized carbons (Fsp3) is 0.353. The van der Waals surface area contributed by atoms with Gasteiger partial charge in [-0.05, 0) is 37.3 Å². The minimum absolute atomic E-state index is 0.169. The molecule has 1 saturated heterocycles. The van der Waals surface area contributed by atoms with Crippen LogP contribution in [-0.2, 0) is 21.3 Å². The van der Waals surface area contributed by atoms with Crippen molar-refractivity contribution in [2.75, 3.05) is 26.3 Å². The first kappa shape index (κ1) is 18.4. The van der Waals surface area contributed by atoms with Crippen molar-refractivity contribution >= 4 is 15.9 Å². The number of morpholine rings is 1. The topological polar surface area (TPSA) is 101 Å². The summed E-state index contributed by atoms with van der Waals surface area (Å²) >= 11 is 0. The first-order valence-corrected chi connectivity index (χ1v) is 9.64. The molecule has 138 valence electrons. The molecule has 9 heteroatoms. The van der Waals surface area contributed by atoms with E-state index in [0.717, 1.165) is 5.69 Å². The average molecular weight is 376 g/mol. The van der Waals surface area contributed by atoms with Crippen molar-refractivity contribution in [3.05, 3.63) is 53.6 Å². The molecule has 0 unspecified atom stereocenters. The fourth-order valence-electron chi connectivity index (χ4n) is 2.59. The SMILES string of the molecule is Cc1cc(CNC(=O)c2ccc(S(=O)(=O)N3CCOCC3)cc2)ncn1. The molecule has 0 radical (unpaired) electrons. The number of ether oxygens (including phenoxy) is 1. The molecule has 1 aliphatic rings. The lowest BCUT2D eigenvalue weighted by Crippen LogP contribution is -2.40. The maximum atomic E-state index is 12.6. The Morgan fingerprint density at radius 3 is 2.54 bits per heavy atom. The lowest BCUT2D eigenvalue weighted by atomic mass is 10.2. The highest BCUT2D eigenvalue weighted by molar-refractivity contribution is 7.89. The van der Waals surface area contributed by atoms with Crippen molar-refractivity contribution in [2.24, 2.45) is 0 Å². The summed E-state index contributed by atoms with van der Waals surface area (Å²) in [4.78, 5) is 20.5. The maximum Gasteiger partial charge on any atom is 0.251 e. The van der Waals surface area contributed by atoms with Gasteiger partial charge in [0, 0.05) is 24.3 Å². The van der Waals surface area contributed by atoms with Crippen LogP contribution in [0, 0.1) is 6.92 Å². The molecule has 8 nitrogen and oxygen atoms in total. The molecule has 1 aromatic carbocycles. The Morgan fingerprint density at radius 2 is 1.88 bits per heavy atom. The molecule has 1 aliphatic heterocycles. The molecule has 0 atom stereocenters. The van der Waals surface area contributed by atoms with Crippen LogP contribution < -0.4 is 5.32 Å². The molecule has 0 bridgehead atoms. The van der Waals surface area contributed by atoms with Crippen LogP contribution in [0.2, 0.25) is 0 Å². The number of nitrogens with one attached hydrogen (secondary N) is 1. The first-order valence-electron chi connectivity index (χ1n) is 8.20. The predicted octanol–water partition coefficient (Wildman–Crippen LogP) is 0.736. The van der Waals surface area contributed by atoms with Gasteiger partial charge in [0.05, 0.1) is 30.3 Å². The summed E-state index contributed by atoms with van der Waals surface area (Å²) in [5.74, 6) is -0.295. The van der Waals surface area contributed by atoms with Crippen molar-refractivity contribution in [1.82, 2.24) is 19.6 Å². The molecule has 2 heterocycles. The Hall–Kier alpha value is -2.36. The number of hydrogen-bond donors (Lipinski definition) is 1. The third-order valence-corrected chi connectivity index (χ3v) is 5.93. The van der Waals surface area contributed by atoms with Gasteiger partial charge in [-0.25, -0.2) is 18.4 Å². The van der Waals surface area contributed by atoms with E-state index < -0.39 is 10.0 Å². The van der Waals surface area contributed by atoms with Gasteiger partial charge in [-0.2, -0.15) is 4.31 Å². The number of aryl methyl sites for hydroxylation is 1. The Kier molecular flexibility index (Phi) is 5.60. The number of nitrogens with zero attached hydrogens (tertiary/aromatic N) is 3. The second-order valence-electron chi connectivity index (χ2n) is 5.87. The smallest absolute Gasteiger partial charge is 0.251 e. The molecular formula is C17H20N4O4S. The van der Waals surface area contributed by atoms with Gasteiger partial charge in [0.15, 0.2) is 0 Å². The van der Waals surface area contributed by atoms with E-state index in [1.165, 1.54) is 34.9 Å². The fourth-order valence-corrected chi connectivity index (χ4v) is 4.00. The number of rotatable bonds is 5. The number of carbonyl (C=O) groups excluding carboxylic acids is 1. The standard InChI is InChI=1S/C17H20N4O4S/c1-13-10-15(20-12-19-13)11-18-17(22)14-2-4-16(5-3-14)26(23,24)21-6-8-25-9-7-21/h2-5,10,12H,6-9,11H2,1H3,(H,18,22).